The summed E-state index contributed by atoms with van der Waals surface area (Å²) in [6.07, 6.45) is 1.47. The Bertz CT molecular complexity index is 484. The molecule has 5 N–H and O–H groups in total. The highest BCUT2D eigenvalue weighted by Crippen LogP contribution is 2.33. The number of hydrazine groups is 1. The number of methoxy groups -OCH3 is 1. The molecule has 0 aromatic heterocycles. The van der Waals surface area contributed by atoms with E-state index < -0.39 is 0 Å². The largest absolute Gasteiger partial charge is 0.497 e. The molecule has 0 saturated carbocycles. The number of rotatable bonds is 1. The summed E-state index contributed by atoms with van der Waals surface area (Å²) in [4.78, 5) is 11.6. The van der Waals surface area contributed by atoms with E-state index in [0.29, 0.717) is 22.8 Å². The average Bonchev–Trinajstić information content (AvgIpc) is 2.46. The van der Waals surface area contributed by atoms with Crippen molar-refractivity contribution < 1.29 is 9.53 Å². The third-order valence-corrected chi connectivity index (χ3v) is 2.58. The van der Waals surface area contributed by atoms with Crippen LogP contribution in [0, 0.1) is 0 Å². The molecule has 1 amide bonds. The van der Waals surface area contributed by atoms with Crippen molar-refractivity contribution >= 4 is 17.3 Å². The Kier molecular flexibility index (Phi) is 2.88. The van der Waals surface area contributed by atoms with Gasteiger partial charge < -0.3 is 15.8 Å². The summed E-state index contributed by atoms with van der Waals surface area (Å²) in [5.41, 5.74) is 7.27. The van der Waals surface area contributed by atoms with Crippen molar-refractivity contribution in [2.24, 2.45) is 11.6 Å². The van der Waals surface area contributed by atoms with Gasteiger partial charge in [-0.3, -0.25) is 9.80 Å². The summed E-state index contributed by atoms with van der Waals surface area (Å²) in [6, 6.07) is 5.24. The van der Waals surface area contributed by atoms with Gasteiger partial charge in [0.15, 0.2) is 0 Å². The predicted molar refractivity (Wildman–Crippen MR) is 65.2 cm³/mol. The standard InChI is InChI=1S/C11H14N4O2/c1-17-8-2-3-9-10(5-8)15(13)7(6-12)4-11(16)14-9/h2-3,5-6H,4,12-13H2,1H3,(H,14,16)/b7-6-. The molecule has 0 bridgehead atoms. The SMILES string of the molecule is COc1ccc2c(c1)N(N)/C(=C\N)CC(=O)N2. The van der Waals surface area contributed by atoms with Crippen LogP contribution < -0.4 is 26.6 Å². The van der Waals surface area contributed by atoms with Crippen molar-refractivity contribution in [2.75, 3.05) is 17.4 Å². The smallest absolute Gasteiger partial charge is 0.230 e. The van der Waals surface area contributed by atoms with Gasteiger partial charge in [0.2, 0.25) is 5.91 Å². The van der Waals surface area contributed by atoms with Crippen molar-refractivity contribution in [3.63, 3.8) is 0 Å². The van der Waals surface area contributed by atoms with Crippen LogP contribution in [0.15, 0.2) is 30.1 Å². The van der Waals surface area contributed by atoms with E-state index in [-0.39, 0.29) is 12.3 Å². The Morgan fingerprint density at radius 1 is 1.53 bits per heavy atom. The Balaban J connectivity index is 2.52. The molecule has 0 radical (unpaired) electrons. The molecule has 0 atom stereocenters. The van der Waals surface area contributed by atoms with Gasteiger partial charge in [-0.05, 0) is 12.1 Å². The molecule has 0 spiro atoms. The van der Waals surface area contributed by atoms with Crippen molar-refractivity contribution in [3.8, 4) is 5.75 Å². The van der Waals surface area contributed by atoms with Gasteiger partial charge >= 0.3 is 0 Å². The Hall–Kier alpha value is -2.21. The molecule has 90 valence electrons. The van der Waals surface area contributed by atoms with Gasteiger partial charge in [-0.2, -0.15) is 0 Å². The highest BCUT2D eigenvalue weighted by Gasteiger charge is 2.21. The number of fused-ring (bicyclic) bond motifs is 1. The molecule has 17 heavy (non-hydrogen) atoms. The summed E-state index contributed by atoms with van der Waals surface area (Å²) < 4.78 is 5.12. The van der Waals surface area contributed by atoms with Crippen LogP contribution in [0.25, 0.3) is 0 Å². The number of hydrogen-bond acceptors (Lipinski definition) is 5. The van der Waals surface area contributed by atoms with E-state index in [9.17, 15) is 4.79 Å². The summed E-state index contributed by atoms with van der Waals surface area (Å²) in [6.45, 7) is 0. The third-order valence-electron chi connectivity index (χ3n) is 2.58. The monoisotopic (exact) mass is 234 g/mol. The second-order valence-electron chi connectivity index (χ2n) is 3.64. The van der Waals surface area contributed by atoms with Gasteiger partial charge in [0.1, 0.15) is 5.75 Å². The first-order valence-corrected chi connectivity index (χ1v) is 5.09. The number of hydrogen-bond donors (Lipinski definition) is 3. The number of carbonyl (C=O) groups is 1. The van der Waals surface area contributed by atoms with E-state index in [1.54, 1.807) is 25.3 Å². The molecule has 2 rings (SSSR count). The minimum Gasteiger partial charge on any atom is -0.497 e. The van der Waals surface area contributed by atoms with Crippen LogP contribution in [-0.4, -0.2) is 13.0 Å². The van der Waals surface area contributed by atoms with E-state index in [2.05, 4.69) is 5.32 Å². The zero-order chi connectivity index (χ0) is 12.4. The Morgan fingerprint density at radius 2 is 2.29 bits per heavy atom. The summed E-state index contributed by atoms with van der Waals surface area (Å²) in [5, 5.41) is 4.14. The molecule has 6 nitrogen and oxygen atoms in total. The lowest BCUT2D eigenvalue weighted by Crippen LogP contribution is -2.30. The molecule has 6 heteroatoms. The second-order valence-corrected chi connectivity index (χ2v) is 3.64. The van der Waals surface area contributed by atoms with Crippen LogP contribution >= 0.6 is 0 Å². The number of amides is 1. The molecular formula is C11H14N4O2. The highest BCUT2D eigenvalue weighted by molar-refractivity contribution is 5.98. The fourth-order valence-electron chi connectivity index (χ4n) is 1.68. The second kappa shape index (κ2) is 4.34. The number of benzene rings is 1. The van der Waals surface area contributed by atoms with Crippen LogP contribution in [-0.2, 0) is 4.79 Å². The van der Waals surface area contributed by atoms with Gasteiger partial charge in [0.05, 0.1) is 30.6 Å². The number of anilines is 2. The maximum atomic E-state index is 11.6. The van der Waals surface area contributed by atoms with Crippen LogP contribution in [0.1, 0.15) is 6.42 Å². The molecule has 1 aliphatic rings. The quantitative estimate of drug-likeness (QED) is 0.616. The van der Waals surface area contributed by atoms with Crippen molar-refractivity contribution in [1.82, 2.24) is 0 Å². The van der Waals surface area contributed by atoms with E-state index in [0.717, 1.165) is 0 Å². The van der Waals surface area contributed by atoms with Crippen LogP contribution in [0.4, 0.5) is 11.4 Å². The Morgan fingerprint density at radius 3 is 2.94 bits per heavy atom. The summed E-state index contributed by atoms with van der Waals surface area (Å²) in [7, 11) is 1.57. The minimum atomic E-state index is -0.152. The number of carbonyl (C=O) groups excluding carboxylic acids is 1. The topological polar surface area (TPSA) is 93.6 Å². The van der Waals surface area contributed by atoms with Crippen molar-refractivity contribution in [3.05, 3.63) is 30.1 Å². The lowest BCUT2D eigenvalue weighted by Gasteiger charge is -2.20. The highest BCUT2D eigenvalue weighted by atomic mass is 16.5. The molecule has 0 unspecified atom stereocenters. The van der Waals surface area contributed by atoms with E-state index in [1.807, 2.05) is 0 Å². The van der Waals surface area contributed by atoms with E-state index >= 15 is 0 Å². The predicted octanol–water partition coefficient (Wildman–Crippen LogP) is 0.518. The molecule has 0 aliphatic carbocycles. The number of nitrogens with zero attached hydrogens (tertiary/aromatic N) is 1. The van der Waals surface area contributed by atoms with Crippen molar-refractivity contribution in [1.29, 1.82) is 0 Å². The first kappa shape index (κ1) is 11.3. The van der Waals surface area contributed by atoms with Gasteiger partial charge in [-0.25, -0.2) is 5.84 Å². The third kappa shape index (κ3) is 2.02. The fraction of sp³-hybridized carbons (Fsp3) is 0.182. The number of nitrogens with two attached hydrogens (primary N) is 2. The lowest BCUT2D eigenvalue weighted by atomic mass is 10.2. The Labute approximate surface area is 98.8 Å². The minimum absolute atomic E-state index is 0.143. The fourth-order valence-corrected chi connectivity index (χ4v) is 1.68. The van der Waals surface area contributed by atoms with Gasteiger partial charge in [0.25, 0.3) is 0 Å². The normalized spacial score (nSPS) is 17.4. The van der Waals surface area contributed by atoms with Crippen LogP contribution in [0.2, 0.25) is 0 Å². The lowest BCUT2D eigenvalue weighted by molar-refractivity contribution is -0.115. The molecule has 1 heterocycles. The maximum Gasteiger partial charge on any atom is 0.230 e. The van der Waals surface area contributed by atoms with Gasteiger partial charge in [-0.1, -0.05) is 0 Å². The van der Waals surface area contributed by atoms with Gasteiger partial charge in [0, 0.05) is 12.3 Å². The molecule has 1 aliphatic heterocycles. The van der Waals surface area contributed by atoms with Gasteiger partial charge in [-0.15, -0.1) is 0 Å². The molecular weight excluding hydrogens is 220 g/mol. The molecule has 0 fully saturated rings. The number of nitrogens with one attached hydrogen (secondary N) is 1. The summed E-state index contributed by atoms with van der Waals surface area (Å²) >= 11 is 0. The van der Waals surface area contributed by atoms with Crippen LogP contribution in [0.3, 0.4) is 0 Å². The van der Waals surface area contributed by atoms with Crippen molar-refractivity contribution in [2.45, 2.75) is 6.42 Å². The maximum absolute atomic E-state index is 11.6. The summed E-state index contributed by atoms with van der Waals surface area (Å²) in [5.74, 6) is 6.43. The first-order chi connectivity index (χ1) is 8.15. The molecule has 0 saturated heterocycles. The molecule has 1 aromatic carbocycles. The molecule has 1 aromatic rings. The van der Waals surface area contributed by atoms with E-state index in [1.165, 1.54) is 11.2 Å². The first-order valence-electron chi connectivity index (χ1n) is 5.09. The zero-order valence-electron chi connectivity index (χ0n) is 9.43. The number of ether oxygens (including phenoxy) is 1. The zero-order valence-corrected chi connectivity index (χ0v) is 9.43. The van der Waals surface area contributed by atoms with Crippen LogP contribution in [0.5, 0.6) is 5.75 Å². The van der Waals surface area contributed by atoms with E-state index in [4.69, 9.17) is 16.3 Å². The average molecular weight is 234 g/mol.